The first kappa shape index (κ1) is 11.7. The predicted octanol–water partition coefficient (Wildman–Crippen LogP) is 3.24. The highest BCUT2D eigenvalue weighted by Gasteiger charge is 2.27. The Hall–Kier alpha value is -2.36. The summed E-state index contributed by atoms with van der Waals surface area (Å²) in [4.78, 5) is 12.0. The molecule has 1 heterocycles. The summed E-state index contributed by atoms with van der Waals surface area (Å²) in [7, 11) is 0. The van der Waals surface area contributed by atoms with Crippen molar-refractivity contribution >= 4 is 5.78 Å². The predicted molar refractivity (Wildman–Crippen MR) is 66.8 cm³/mol. The second kappa shape index (κ2) is 4.39. The van der Waals surface area contributed by atoms with E-state index in [1.807, 2.05) is 0 Å². The van der Waals surface area contributed by atoms with Crippen molar-refractivity contribution in [1.29, 1.82) is 0 Å². The maximum atomic E-state index is 12.9. The van der Waals surface area contributed by atoms with Crippen LogP contribution in [-0.4, -0.2) is 10.9 Å². The van der Waals surface area contributed by atoms with E-state index in [2.05, 4.69) is 0 Å². The Morgan fingerprint density at radius 3 is 2.63 bits per heavy atom. The number of ketones is 1. The van der Waals surface area contributed by atoms with Gasteiger partial charge in [0, 0.05) is 0 Å². The summed E-state index contributed by atoms with van der Waals surface area (Å²) in [6, 6.07) is 10.3. The molecule has 0 fully saturated rings. The molecule has 2 aromatic rings. The van der Waals surface area contributed by atoms with E-state index in [0.717, 1.165) is 5.56 Å². The molecule has 0 aromatic heterocycles. The minimum absolute atomic E-state index is 0.0379. The van der Waals surface area contributed by atoms with Gasteiger partial charge in [-0.3, -0.25) is 4.79 Å². The molecule has 0 aliphatic carbocycles. The van der Waals surface area contributed by atoms with Crippen LogP contribution in [0.15, 0.2) is 42.5 Å². The molecule has 2 aromatic carbocycles. The third-order valence-corrected chi connectivity index (χ3v) is 3.15. The summed E-state index contributed by atoms with van der Waals surface area (Å²) in [5.74, 6) is 0.0713. The number of fused-ring (bicyclic) bond motifs is 1. The first-order valence-corrected chi connectivity index (χ1v) is 5.92. The zero-order chi connectivity index (χ0) is 13.4. The fourth-order valence-electron chi connectivity index (χ4n) is 2.18. The van der Waals surface area contributed by atoms with Gasteiger partial charge in [0.25, 0.3) is 0 Å². The van der Waals surface area contributed by atoms with Crippen LogP contribution >= 0.6 is 0 Å². The molecule has 19 heavy (non-hydrogen) atoms. The average molecular weight is 258 g/mol. The lowest BCUT2D eigenvalue weighted by atomic mass is 9.96. The van der Waals surface area contributed by atoms with Crippen molar-refractivity contribution in [3.05, 3.63) is 59.4 Å². The van der Waals surface area contributed by atoms with Crippen LogP contribution in [0.25, 0.3) is 0 Å². The van der Waals surface area contributed by atoms with Gasteiger partial charge in [-0.15, -0.1) is 0 Å². The third kappa shape index (κ3) is 2.17. The molecule has 96 valence electrons. The number of phenolic OH excluding ortho intramolecular Hbond substituents is 1. The number of hydrogen-bond acceptors (Lipinski definition) is 3. The van der Waals surface area contributed by atoms with Gasteiger partial charge in [0.1, 0.15) is 23.4 Å². The van der Waals surface area contributed by atoms with Crippen LogP contribution in [0.4, 0.5) is 4.39 Å². The van der Waals surface area contributed by atoms with E-state index < -0.39 is 6.10 Å². The number of Topliss-reactive ketones (excluding diaryl/α,β-unsaturated/α-hetero) is 1. The first-order valence-electron chi connectivity index (χ1n) is 5.92. The number of benzene rings is 2. The fraction of sp³-hybridized carbons (Fsp3) is 0.133. The van der Waals surface area contributed by atoms with Gasteiger partial charge in [0.05, 0.1) is 12.0 Å². The molecule has 1 aliphatic rings. The van der Waals surface area contributed by atoms with Gasteiger partial charge in [0.2, 0.25) is 0 Å². The van der Waals surface area contributed by atoms with Crippen molar-refractivity contribution in [1.82, 2.24) is 0 Å². The van der Waals surface area contributed by atoms with Crippen LogP contribution in [0.1, 0.15) is 28.4 Å². The van der Waals surface area contributed by atoms with Gasteiger partial charge in [0.15, 0.2) is 5.78 Å². The van der Waals surface area contributed by atoms with Crippen molar-refractivity contribution in [2.75, 3.05) is 0 Å². The standard InChI is InChI=1S/C15H11FO3/c16-10-3-1-9(2-4-10)15-8-13(18)12-7-11(17)5-6-14(12)19-15/h1-7,15,17H,8H2. The molecule has 1 atom stereocenters. The molecular weight excluding hydrogens is 247 g/mol. The lowest BCUT2D eigenvalue weighted by Crippen LogP contribution is -2.20. The molecule has 4 heteroatoms. The molecule has 0 saturated heterocycles. The van der Waals surface area contributed by atoms with E-state index in [0.29, 0.717) is 11.3 Å². The van der Waals surface area contributed by atoms with Crippen LogP contribution < -0.4 is 4.74 Å². The lowest BCUT2D eigenvalue weighted by Gasteiger charge is -2.25. The number of phenols is 1. The SMILES string of the molecule is O=C1CC(c2ccc(F)cc2)Oc2ccc(O)cc21. The summed E-state index contributed by atoms with van der Waals surface area (Å²) >= 11 is 0. The van der Waals surface area contributed by atoms with Crippen molar-refractivity contribution in [3.8, 4) is 11.5 Å². The van der Waals surface area contributed by atoms with Crippen LogP contribution in [-0.2, 0) is 0 Å². The van der Waals surface area contributed by atoms with E-state index >= 15 is 0 Å². The quantitative estimate of drug-likeness (QED) is 0.854. The molecule has 0 radical (unpaired) electrons. The number of aromatic hydroxyl groups is 1. The van der Waals surface area contributed by atoms with E-state index in [1.54, 1.807) is 18.2 Å². The van der Waals surface area contributed by atoms with Crippen LogP contribution in [0, 0.1) is 5.82 Å². The molecule has 1 unspecified atom stereocenters. The number of carbonyl (C=O) groups is 1. The second-order valence-corrected chi connectivity index (χ2v) is 4.47. The van der Waals surface area contributed by atoms with E-state index in [9.17, 15) is 14.3 Å². The molecule has 3 nitrogen and oxygen atoms in total. The molecule has 1 aliphatic heterocycles. The summed E-state index contributed by atoms with van der Waals surface area (Å²) in [5.41, 5.74) is 1.15. The Kier molecular flexibility index (Phi) is 2.71. The van der Waals surface area contributed by atoms with E-state index in [4.69, 9.17) is 4.74 Å². The second-order valence-electron chi connectivity index (χ2n) is 4.47. The molecular formula is C15H11FO3. The topological polar surface area (TPSA) is 46.5 Å². The third-order valence-electron chi connectivity index (χ3n) is 3.15. The lowest BCUT2D eigenvalue weighted by molar-refractivity contribution is 0.0849. The van der Waals surface area contributed by atoms with Crippen molar-refractivity contribution in [2.24, 2.45) is 0 Å². The van der Waals surface area contributed by atoms with Gasteiger partial charge >= 0.3 is 0 Å². The number of halogens is 1. The molecule has 3 rings (SSSR count). The average Bonchev–Trinajstić information content (AvgIpc) is 2.40. The number of rotatable bonds is 1. The Balaban J connectivity index is 1.95. The van der Waals surface area contributed by atoms with E-state index in [1.165, 1.54) is 24.3 Å². The summed E-state index contributed by atoms with van der Waals surface area (Å²) in [6.45, 7) is 0. The maximum Gasteiger partial charge on any atom is 0.170 e. The smallest absolute Gasteiger partial charge is 0.170 e. The Bertz CT molecular complexity index is 634. The summed E-state index contributed by atoms with van der Waals surface area (Å²) in [5, 5.41) is 9.37. The number of ether oxygens (including phenoxy) is 1. The van der Waals surface area contributed by atoms with Crippen LogP contribution in [0.3, 0.4) is 0 Å². The highest BCUT2D eigenvalue weighted by Crippen LogP contribution is 2.36. The normalized spacial score (nSPS) is 17.7. The van der Waals surface area contributed by atoms with E-state index in [-0.39, 0.29) is 23.8 Å². The van der Waals surface area contributed by atoms with Gasteiger partial charge in [-0.25, -0.2) is 4.39 Å². The van der Waals surface area contributed by atoms with Gasteiger partial charge in [-0.1, -0.05) is 12.1 Å². The largest absolute Gasteiger partial charge is 0.508 e. The van der Waals surface area contributed by atoms with Gasteiger partial charge in [-0.2, -0.15) is 0 Å². The zero-order valence-electron chi connectivity index (χ0n) is 9.97. The molecule has 0 saturated carbocycles. The van der Waals surface area contributed by atoms with Crippen molar-refractivity contribution in [2.45, 2.75) is 12.5 Å². The molecule has 0 spiro atoms. The molecule has 1 N–H and O–H groups in total. The number of carbonyl (C=O) groups excluding carboxylic acids is 1. The van der Waals surface area contributed by atoms with Crippen molar-refractivity contribution < 1.29 is 19.0 Å². The minimum atomic E-state index is -0.412. The Morgan fingerprint density at radius 1 is 1.16 bits per heavy atom. The van der Waals surface area contributed by atoms with Crippen LogP contribution in [0.5, 0.6) is 11.5 Å². The van der Waals surface area contributed by atoms with Gasteiger partial charge < -0.3 is 9.84 Å². The Labute approximate surface area is 109 Å². The highest BCUT2D eigenvalue weighted by atomic mass is 19.1. The Morgan fingerprint density at radius 2 is 1.89 bits per heavy atom. The zero-order valence-corrected chi connectivity index (χ0v) is 9.97. The van der Waals surface area contributed by atoms with Crippen LogP contribution in [0.2, 0.25) is 0 Å². The molecule has 0 amide bonds. The summed E-state index contributed by atoms with van der Waals surface area (Å²) < 4.78 is 18.6. The van der Waals surface area contributed by atoms with Gasteiger partial charge in [-0.05, 0) is 35.9 Å². The monoisotopic (exact) mass is 258 g/mol. The molecule has 0 bridgehead atoms. The maximum absolute atomic E-state index is 12.9. The highest BCUT2D eigenvalue weighted by molar-refractivity contribution is 6.00. The fourth-order valence-corrected chi connectivity index (χ4v) is 2.18. The number of hydrogen-bond donors (Lipinski definition) is 1. The summed E-state index contributed by atoms with van der Waals surface area (Å²) in [6.07, 6.45) is -0.229. The first-order chi connectivity index (χ1) is 9.13. The van der Waals surface area contributed by atoms with Crippen molar-refractivity contribution in [3.63, 3.8) is 0 Å². The minimum Gasteiger partial charge on any atom is -0.508 e.